The predicted molar refractivity (Wildman–Crippen MR) is 297 cm³/mol. The molecule has 0 atom stereocenters. The van der Waals surface area contributed by atoms with Crippen molar-refractivity contribution in [3.63, 3.8) is 0 Å². The van der Waals surface area contributed by atoms with Crippen molar-refractivity contribution in [1.82, 2.24) is 9.13 Å². The maximum absolute atomic E-state index is 10.2. The highest BCUT2D eigenvalue weighted by Gasteiger charge is 2.47. The van der Waals surface area contributed by atoms with Crippen LogP contribution in [0.15, 0.2) is 170 Å². The SMILES string of the molecule is C=Cc1c(/C=C\C)c2cccc(N(c3ccc4c(c3)C3(CCCC3)c3cc(N(c5ccccc5)c5cc(C)cc(C#N)c5)c5ccccc5c3-4)c3cccc4c5ccccc5n(C)c34)c2n1CCCC. The third-order valence-corrected chi connectivity index (χ3v) is 15.5. The molecule has 1 spiro atoms. The number of allylic oxidation sites excluding steroid dienone is 1. The molecule has 2 heterocycles. The molecule has 12 rings (SSSR count). The summed E-state index contributed by atoms with van der Waals surface area (Å²) < 4.78 is 4.93. The summed E-state index contributed by atoms with van der Waals surface area (Å²) >= 11 is 0. The van der Waals surface area contributed by atoms with Crippen LogP contribution in [-0.4, -0.2) is 9.13 Å². The zero-order chi connectivity index (χ0) is 47.7. The number of nitriles is 1. The predicted octanol–water partition coefficient (Wildman–Crippen LogP) is 17.9. The van der Waals surface area contributed by atoms with Gasteiger partial charge in [-0.1, -0.05) is 136 Å². The van der Waals surface area contributed by atoms with Gasteiger partial charge in [0.1, 0.15) is 0 Å². The van der Waals surface area contributed by atoms with Gasteiger partial charge in [-0.25, -0.2) is 0 Å². The zero-order valence-corrected chi connectivity index (χ0v) is 40.6. The summed E-state index contributed by atoms with van der Waals surface area (Å²) in [6, 6.07) is 60.8. The zero-order valence-electron chi connectivity index (χ0n) is 40.6. The Labute approximate surface area is 411 Å². The summed E-state index contributed by atoms with van der Waals surface area (Å²) in [6.07, 6.45) is 13.1. The number of aryl methyl sites for hydroxylation is 3. The van der Waals surface area contributed by atoms with E-state index in [4.69, 9.17) is 0 Å². The average Bonchev–Trinajstić information content (AvgIpc) is 4.15. The maximum Gasteiger partial charge on any atom is 0.0992 e. The van der Waals surface area contributed by atoms with Crippen molar-refractivity contribution in [1.29, 1.82) is 5.26 Å². The molecule has 0 aliphatic heterocycles. The van der Waals surface area contributed by atoms with E-state index in [-0.39, 0.29) is 5.41 Å². The van der Waals surface area contributed by atoms with Crippen molar-refractivity contribution >= 4 is 89.8 Å². The molecule has 1 fully saturated rings. The minimum atomic E-state index is -0.188. The third kappa shape index (κ3) is 6.50. The van der Waals surface area contributed by atoms with Gasteiger partial charge in [-0.3, -0.25) is 0 Å². The van der Waals surface area contributed by atoms with E-state index in [2.05, 4.69) is 223 Å². The standard InChI is InChI=1S/C65H57N5/c1-6-9-36-68-57(8-3)48(21-7-2)53-28-20-31-60(64(53)68)70(59-30-19-27-52-50-25-15-16-29-58(50)67(5)63(52)59)46-32-33-54-55(40-46)65(34-17-18-35-65)56-41-61(49-24-13-14-26-51(49)62(54)56)69(45-22-11-10-12-23-45)47-38-43(4)37-44(39-47)42-66/h7-8,10-16,19-33,37-41H,3,6,9,17-18,34-36H2,1-2,4-5H3/b21-7-. The highest BCUT2D eigenvalue weighted by Crippen LogP contribution is 2.61. The number of anilines is 6. The highest BCUT2D eigenvalue weighted by atomic mass is 15.2. The molecule has 8 aromatic carbocycles. The van der Waals surface area contributed by atoms with Crippen LogP contribution >= 0.6 is 0 Å². The smallest absolute Gasteiger partial charge is 0.0992 e. The Kier molecular flexibility index (Phi) is 10.6. The first-order valence-corrected chi connectivity index (χ1v) is 25.1. The number of para-hydroxylation sites is 4. The summed E-state index contributed by atoms with van der Waals surface area (Å²) in [6.45, 7) is 11.8. The molecule has 0 radical (unpaired) electrons. The van der Waals surface area contributed by atoms with Gasteiger partial charge in [0.25, 0.3) is 0 Å². The van der Waals surface area contributed by atoms with Crippen molar-refractivity contribution in [3.8, 4) is 17.2 Å². The summed E-state index contributed by atoms with van der Waals surface area (Å²) in [5.41, 5.74) is 19.7. The second-order valence-electron chi connectivity index (χ2n) is 19.5. The van der Waals surface area contributed by atoms with Crippen LogP contribution in [0.1, 0.15) is 85.9 Å². The number of hydrogen-bond donors (Lipinski definition) is 0. The van der Waals surface area contributed by atoms with Gasteiger partial charge in [0.15, 0.2) is 0 Å². The van der Waals surface area contributed by atoms with E-state index in [0.29, 0.717) is 5.56 Å². The average molecular weight is 908 g/mol. The van der Waals surface area contributed by atoms with Gasteiger partial charge < -0.3 is 18.9 Å². The molecule has 5 nitrogen and oxygen atoms in total. The van der Waals surface area contributed by atoms with Crippen molar-refractivity contribution in [2.24, 2.45) is 7.05 Å². The van der Waals surface area contributed by atoms with Crippen molar-refractivity contribution in [2.45, 2.75) is 71.3 Å². The fourth-order valence-electron chi connectivity index (χ4n) is 12.6. The van der Waals surface area contributed by atoms with Gasteiger partial charge in [-0.05, 0) is 139 Å². The van der Waals surface area contributed by atoms with Gasteiger partial charge >= 0.3 is 0 Å². The van der Waals surface area contributed by atoms with Crippen LogP contribution in [0.3, 0.4) is 0 Å². The molecule has 10 aromatic rings. The Morgan fingerprint density at radius 3 is 2.10 bits per heavy atom. The molecule has 70 heavy (non-hydrogen) atoms. The van der Waals surface area contributed by atoms with Crippen LogP contribution in [0.25, 0.3) is 66.8 Å². The topological polar surface area (TPSA) is 40.1 Å². The van der Waals surface area contributed by atoms with E-state index < -0.39 is 0 Å². The van der Waals surface area contributed by atoms with E-state index in [9.17, 15) is 5.26 Å². The Bertz CT molecular complexity index is 3790. The third-order valence-electron chi connectivity index (χ3n) is 15.5. The lowest BCUT2D eigenvalue weighted by Crippen LogP contribution is -2.22. The quantitative estimate of drug-likeness (QED) is 0.130. The Balaban J connectivity index is 1.14. The molecule has 0 unspecified atom stereocenters. The number of rotatable bonds is 11. The molecule has 1 saturated carbocycles. The first-order valence-electron chi connectivity index (χ1n) is 25.1. The van der Waals surface area contributed by atoms with Crippen LogP contribution in [0.4, 0.5) is 34.1 Å². The monoisotopic (exact) mass is 907 g/mol. The van der Waals surface area contributed by atoms with Crippen LogP contribution in [-0.2, 0) is 19.0 Å². The summed E-state index contributed by atoms with van der Waals surface area (Å²) in [5.74, 6) is 0. The Morgan fingerprint density at radius 2 is 1.36 bits per heavy atom. The van der Waals surface area contributed by atoms with Crippen LogP contribution in [0.5, 0.6) is 0 Å². The van der Waals surface area contributed by atoms with Crippen molar-refractivity contribution in [3.05, 3.63) is 204 Å². The highest BCUT2D eigenvalue weighted by molar-refractivity contribution is 6.15. The largest absolute Gasteiger partial charge is 0.342 e. The number of unbranched alkanes of at least 4 members (excludes halogenated alkanes) is 1. The molecule has 0 bridgehead atoms. The van der Waals surface area contributed by atoms with Crippen LogP contribution < -0.4 is 9.80 Å². The van der Waals surface area contributed by atoms with Gasteiger partial charge in [0, 0.05) is 74.4 Å². The lowest BCUT2D eigenvalue weighted by Gasteiger charge is -2.32. The first-order chi connectivity index (χ1) is 34.4. The lowest BCUT2D eigenvalue weighted by atomic mass is 9.76. The molecule has 342 valence electrons. The molecule has 5 heteroatoms. The summed E-state index contributed by atoms with van der Waals surface area (Å²) in [5, 5.41) is 16.4. The van der Waals surface area contributed by atoms with E-state index >= 15 is 0 Å². The van der Waals surface area contributed by atoms with Crippen LogP contribution in [0, 0.1) is 18.3 Å². The molecule has 0 saturated heterocycles. The van der Waals surface area contributed by atoms with E-state index in [1.54, 1.807) is 0 Å². The van der Waals surface area contributed by atoms with Gasteiger partial charge in [0.05, 0.1) is 39.7 Å². The fourth-order valence-corrected chi connectivity index (χ4v) is 12.6. The van der Waals surface area contributed by atoms with Gasteiger partial charge in [-0.15, -0.1) is 0 Å². The molecule has 0 amide bonds. The lowest BCUT2D eigenvalue weighted by molar-refractivity contribution is 0.550. The Morgan fingerprint density at radius 1 is 0.657 bits per heavy atom. The van der Waals surface area contributed by atoms with Crippen molar-refractivity contribution < 1.29 is 0 Å². The fraction of sp³-hybridized carbons (Fsp3) is 0.185. The minimum Gasteiger partial charge on any atom is -0.342 e. The number of aromatic nitrogens is 2. The number of hydrogen-bond acceptors (Lipinski definition) is 3. The number of fused-ring (bicyclic) bond motifs is 11. The second kappa shape index (κ2) is 17.2. The molecular formula is C65H57N5. The van der Waals surface area contributed by atoms with E-state index in [0.717, 1.165) is 77.6 Å². The normalized spacial score (nSPS) is 13.8. The molecule has 2 aliphatic carbocycles. The maximum atomic E-state index is 10.2. The Hall–Kier alpha value is -8.07. The molecule has 0 N–H and O–H groups in total. The molecular weight excluding hydrogens is 851 g/mol. The summed E-state index contributed by atoms with van der Waals surface area (Å²) in [4.78, 5) is 4.96. The van der Waals surface area contributed by atoms with Gasteiger partial charge in [0.2, 0.25) is 0 Å². The molecule has 2 aliphatic rings. The first kappa shape index (κ1) is 43.2. The number of nitrogens with zero attached hydrogens (tertiary/aromatic N) is 5. The van der Waals surface area contributed by atoms with Gasteiger partial charge in [-0.2, -0.15) is 5.26 Å². The van der Waals surface area contributed by atoms with Crippen LogP contribution in [0.2, 0.25) is 0 Å². The van der Waals surface area contributed by atoms with Crippen molar-refractivity contribution in [2.75, 3.05) is 9.80 Å². The van der Waals surface area contributed by atoms with E-state index in [1.807, 2.05) is 12.1 Å². The minimum absolute atomic E-state index is 0.188. The number of benzene rings is 8. The second-order valence-corrected chi connectivity index (χ2v) is 19.5. The molecule has 2 aromatic heterocycles. The summed E-state index contributed by atoms with van der Waals surface area (Å²) in [7, 11) is 2.23. The van der Waals surface area contributed by atoms with E-state index in [1.165, 1.54) is 84.1 Å².